The van der Waals surface area contributed by atoms with E-state index in [0.29, 0.717) is 37.1 Å². The molecule has 5 rings (SSSR count). The number of amides is 2. The highest BCUT2D eigenvalue weighted by Gasteiger charge is 2.29. The lowest BCUT2D eigenvalue weighted by atomic mass is 10.1. The number of hydrogen-bond acceptors (Lipinski definition) is 7. The Kier molecular flexibility index (Phi) is 6.46. The molecule has 0 radical (unpaired) electrons. The largest absolute Gasteiger partial charge is 0.495 e. The van der Waals surface area contributed by atoms with Gasteiger partial charge in [-0.3, -0.25) is 19.7 Å². The molecule has 0 saturated carbocycles. The normalized spacial score (nSPS) is 13.4. The van der Waals surface area contributed by atoms with Gasteiger partial charge in [0.05, 0.1) is 17.7 Å². The van der Waals surface area contributed by atoms with E-state index >= 15 is 0 Å². The van der Waals surface area contributed by atoms with Crippen molar-refractivity contribution in [2.24, 2.45) is 0 Å². The van der Waals surface area contributed by atoms with Crippen LogP contribution in [0, 0.1) is 10.1 Å². The van der Waals surface area contributed by atoms with Crippen LogP contribution in [0.2, 0.25) is 0 Å². The van der Waals surface area contributed by atoms with Gasteiger partial charge < -0.3 is 24.3 Å². The maximum atomic E-state index is 13.6. The maximum Gasteiger partial charge on any atom is 0.291 e. The molecule has 1 aliphatic rings. The van der Waals surface area contributed by atoms with Gasteiger partial charge >= 0.3 is 0 Å². The van der Waals surface area contributed by atoms with Crippen LogP contribution >= 0.6 is 0 Å². The molecule has 10 nitrogen and oxygen atoms in total. The summed E-state index contributed by atoms with van der Waals surface area (Å²) in [5.74, 6) is -0.00984. The van der Waals surface area contributed by atoms with E-state index < -0.39 is 10.8 Å². The molecule has 3 aromatic carbocycles. The van der Waals surface area contributed by atoms with Crippen LogP contribution < -0.4 is 15.0 Å². The van der Waals surface area contributed by atoms with Gasteiger partial charge in [-0.1, -0.05) is 24.3 Å². The molecule has 2 amide bonds. The summed E-state index contributed by atoms with van der Waals surface area (Å²) in [6.07, 6.45) is 0. The van der Waals surface area contributed by atoms with Gasteiger partial charge in [0.2, 0.25) is 5.76 Å². The zero-order chi connectivity index (χ0) is 25.9. The number of benzene rings is 3. The molecule has 1 N–H and O–H groups in total. The summed E-state index contributed by atoms with van der Waals surface area (Å²) in [6.45, 7) is 2.14. The van der Waals surface area contributed by atoms with Crippen LogP contribution in [0.3, 0.4) is 0 Å². The Balaban J connectivity index is 1.37. The van der Waals surface area contributed by atoms with Crippen LogP contribution in [0.5, 0.6) is 5.75 Å². The molecule has 1 aliphatic heterocycles. The van der Waals surface area contributed by atoms with E-state index in [9.17, 15) is 19.7 Å². The number of hydrogen-bond donors (Lipinski definition) is 1. The SMILES string of the molecule is COc1ccccc1N1CCN(C(=O)c2oc3ccccc3c2NC(=O)c2ccc([N+](=O)[O-])cc2)CC1. The zero-order valence-corrected chi connectivity index (χ0v) is 20.0. The number of nitrogens with one attached hydrogen (secondary N) is 1. The van der Waals surface area contributed by atoms with Crippen molar-refractivity contribution in [3.8, 4) is 5.75 Å². The summed E-state index contributed by atoms with van der Waals surface area (Å²) < 4.78 is 11.4. The maximum absolute atomic E-state index is 13.6. The third kappa shape index (κ3) is 4.68. The van der Waals surface area contributed by atoms with Crippen LogP contribution in [0.4, 0.5) is 17.1 Å². The lowest BCUT2D eigenvalue weighted by molar-refractivity contribution is -0.384. The Hall–Kier alpha value is -4.86. The summed E-state index contributed by atoms with van der Waals surface area (Å²) in [7, 11) is 1.63. The van der Waals surface area contributed by atoms with Gasteiger partial charge in [0.15, 0.2) is 0 Å². The standard InChI is InChI=1S/C27H24N4O6/c1-36-23-9-5-3-7-21(23)29-14-16-30(17-15-29)27(33)25-24(20-6-2-4-8-22(20)37-25)28-26(32)18-10-12-19(13-11-18)31(34)35/h2-13H,14-17H2,1H3,(H,28,32). The van der Waals surface area contributed by atoms with E-state index in [1.807, 2.05) is 24.3 Å². The molecule has 0 atom stereocenters. The zero-order valence-electron chi connectivity index (χ0n) is 20.0. The molecule has 0 spiro atoms. The highest BCUT2D eigenvalue weighted by molar-refractivity contribution is 6.14. The number of rotatable bonds is 6. The van der Waals surface area contributed by atoms with Crippen molar-refractivity contribution in [2.75, 3.05) is 43.5 Å². The minimum atomic E-state index is -0.532. The number of non-ortho nitro benzene ring substituents is 1. The van der Waals surface area contributed by atoms with E-state index in [2.05, 4.69) is 10.2 Å². The number of anilines is 2. The van der Waals surface area contributed by atoms with Crippen LogP contribution in [-0.2, 0) is 0 Å². The van der Waals surface area contributed by atoms with Gasteiger partial charge in [0.1, 0.15) is 17.0 Å². The number of methoxy groups -OCH3 is 1. The summed E-state index contributed by atoms with van der Waals surface area (Å²) in [6, 6.07) is 20.1. The average molecular weight is 501 g/mol. The molecule has 10 heteroatoms. The first-order valence-corrected chi connectivity index (χ1v) is 11.7. The fourth-order valence-corrected chi connectivity index (χ4v) is 4.43. The number of carbonyl (C=O) groups excluding carboxylic acids is 2. The molecule has 0 bridgehead atoms. The van der Waals surface area contributed by atoms with Crippen molar-refractivity contribution in [3.63, 3.8) is 0 Å². The molecule has 4 aromatic rings. The molecule has 0 unspecified atom stereocenters. The first kappa shape index (κ1) is 23.9. The molecule has 1 saturated heterocycles. The Morgan fingerprint density at radius 2 is 1.62 bits per heavy atom. The Morgan fingerprint density at radius 3 is 2.32 bits per heavy atom. The second-order valence-corrected chi connectivity index (χ2v) is 8.51. The number of nitrogens with zero attached hydrogens (tertiary/aromatic N) is 3. The number of ether oxygens (including phenoxy) is 1. The quantitative estimate of drug-likeness (QED) is 0.304. The molecule has 37 heavy (non-hydrogen) atoms. The van der Waals surface area contributed by atoms with Gasteiger partial charge in [-0.05, 0) is 36.4 Å². The molecular weight excluding hydrogens is 476 g/mol. The fraction of sp³-hybridized carbons (Fsp3) is 0.185. The Morgan fingerprint density at radius 1 is 0.946 bits per heavy atom. The Bertz CT molecular complexity index is 1470. The van der Waals surface area contributed by atoms with Crippen LogP contribution in [0.25, 0.3) is 11.0 Å². The van der Waals surface area contributed by atoms with Crippen molar-refractivity contribution in [1.82, 2.24) is 4.90 Å². The first-order chi connectivity index (χ1) is 18.0. The second kappa shape index (κ2) is 10.0. The number of fused-ring (bicyclic) bond motifs is 1. The number of piperazine rings is 1. The molecule has 188 valence electrons. The van der Waals surface area contributed by atoms with Crippen molar-refractivity contribution in [3.05, 3.63) is 94.2 Å². The monoisotopic (exact) mass is 500 g/mol. The molecule has 0 aliphatic carbocycles. The first-order valence-electron chi connectivity index (χ1n) is 11.7. The second-order valence-electron chi connectivity index (χ2n) is 8.51. The third-order valence-corrected chi connectivity index (χ3v) is 6.36. The van der Waals surface area contributed by atoms with E-state index in [0.717, 1.165) is 11.4 Å². The van der Waals surface area contributed by atoms with Gasteiger partial charge in [-0.15, -0.1) is 0 Å². The lowest BCUT2D eigenvalue weighted by Crippen LogP contribution is -2.49. The summed E-state index contributed by atoms with van der Waals surface area (Å²) >= 11 is 0. The van der Waals surface area contributed by atoms with Gasteiger partial charge in [-0.2, -0.15) is 0 Å². The number of nitro benzene ring substituents is 1. The summed E-state index contributed by atoms with van der Waals surface area (Å²) in [5.41, 5.74) is 1.82. The van der Waals surface area contributed by atoms with E-state index in [-0.39, 0.29) is 28.6 Å². The van der Waals surface area contributed by atoms with E-state index in [1.165, 1.54) is 24.3 Å². The van der Waals surface area contributed by atoms with Gasteiger partial charge in [0, 0.05) is 49.3 Å². The fourth-order valence-electron chi connectivity index (χ4n) is 4.43. The van der Waals surface area contributed by atoms with Crippen molar-refractivity contribution in [2.45, 2.75) is 0 Å². The molecule has 2 heterocycles. The van der Waals surface area contributed by atoms with Crippen molar-refractivity contribution < 1.29 is 23.7 Å². The smallest absolute Gasteiger partial charge is 0.291 e. The molecule has 1 aromatic heterocycles. The predicted molar refractivity (Wildman–Crippen MR) is 138 cm³/mol. The highest BCUT2D eigenvalue weighted by atomic mass is 16.6. The minimum Gasteiger partial charge on any atom is -0.495 e. The lowest BCUT2D eigenvalue weighted by Gasteiger charge is -2.36. The van der Waals surface area contributed by atoms with E-state index in [4.69, 9.17) is 9.15 Å². The van der Waals surface area contributed by atoms with Gasteiger partial charge in [0.25, 0.3) is 17.5 Å². The van der Waals surface area contributed by atoms with Crippen molar-refractivity contribution >= 4 is 39.8 Å². The Labute approximate surface area is 212 Å². The number of furan rings is 1. The number of nitro groups is 1. The van der Waals surface area contributed by atoms with Gasteiger partial charge in [-0.25, -0.2) is 0 Å². The number of carbonyl (C=O) groups is 2. The summed E-state index contributed by atoms with van der Waals surface area (Å²) in [4.78, 5) is 40.8. The summed E-state index contributed by atoms with van der Waals surface area (Å²) in [5, 5.41) is 14.3. The van der Waals surface area contributed by atoms with Crippen LogP contribution in [-0.4, -0.2) is 54.9 Å². The minimum absolute atomic E-state index is 0.0437. The average Bonchev–Trinajstić information content (AvgIpc) is 3.31. The topological polar surface area (TPSA) is 118 Å². The molecule has 1 fully saturated rings. The van der Waals surface area contributed by atoms with Crippen molar-refractivity contribution in [1.29, 1.82) is 0 Å². The third-order valence-electron chi connectivity index (χ3n) is 6.36. The van der Waals surface area contributed by atoms with Crippen LogP contribution in [0.15, 0.2) is 77.2 Å². The number of para-hydroxylation sites is 3. The van der Waals surface area contributed by atoms with E-state index in [1.54, 1.807) is 36.3 Å². The molecular formula is C27H24N4O6. The predicted octanol–water partition coefficient (Wildman–Crippen LogP) is 4.56. The van der Waals surface area contributed by atoms with Crippen LogP contribution in [0.1, 0.15) is 20.9 Å². The highest BCUT2D eigenvalue weighted by Crippen LogP contribution is 2.33.